The maximum absolute atomic E-state index is 10.2. The molecule has 0 saturated carbocycles. The summed E-state index contributed by atoms with van der Waals surface area (Å²) < 4.78 is 0. The Kier molecular flexibility index (Phi) is 4.50. The molecule has 0 aliphatic rings. The molecule has 0 spiro atoms. The Morgan fingerprint density at radius 1 is 1.25 bits per heavy atom. The summed E-state index contributed by atoms with van der Waals surface area (Å²) in [7, 11) is 1.88. The third-order valence-electron chi connectivity index (χ3n) is 2.55. The largest absolute Gasteiger partial charge is 0.386 e. The van der Waals surface area contributed by atoms with Crippen LogP contribution in [0.1, 0.15) is 32.4 Å². The van der Waals surface area contributed by atoms with Crippen molar-refractivity contribution in [3.05, 3.63) is 35.9 Å². The van der Waals surface area contributed by atoms with Crippen LogP contribution in [0.2, 0.25) is 0 Å². The van der Waals surface area contributed by atoms with Crippen molar-refractivity contribution in [2.45, 2.75) is 32.9 Å². The van der Waals surface area contributed by atoms with Crippen molar-refractivity contribution in [3.8, 4) is 0 Å². The Morgan fingerprint density at radius 2 is 1.81 bits per heavy atom. The van der Waals surface area contributed by atoms with Gasteiger partial charge in [0.15, 0.2) is 0 Å². The lowest BCUT2D eigenvalue weighted by Crippen LogP contribution is -2.31. The summed E-state index contributed by atoms with van der Waals surface area (Å²) in [5.74, 6) is 0. The molecule has 1 aromatic carbocycles. The van der Waals surface area contributed by atoms with Crippen molar-refractivity contribution in [1.82, 2.24) is 5.01 Å². The zero-order valence-corrected chi connectivity index (χ0v) is 10.4. The van der Waals surface area contributed by atoms with E-state index < -0.39 is 6.10 Å². The number of hydrogen-bond acceptors (Lipinski definition) is 3. The molecule has 1 rings (SSSR count). The first-order chi connectivity index (χ1) is 7.52. The third-order valence-corrected chi connectivity index (χ3v) is 2.55. The minimum absolute atomic E-state index is 0.0442. The highest BCUT2D eigenvalue weighted by Gasteiger charge is 2.19. The van der Waals surface area contributed by atoms with E-state index in [1.807, 2.05) is 58.2 Å². The van der Waals surface area contributed by atoms with E-state index >= 15 is 0 Å². The Balaban J connectivity index is 2.75. The molecule has 0 aliphatic carbocycles. The van der Waals surface area contributed by atoms with Gasteiger partial charge in [-0.05, 0) is 26.3 Å². The summed E-state index contributed by atoms with van der Waals surface area (Å²) in [4.78, 5) is 0. The molecule has 0 aliphatic heterocycles. The first kappa shape index (κ1) is 12.7. The Morgan fingerprint density at radius 3 is 2.31 bits per heavy atom. The van der Waals surface area contributed by atoms with E-state index in [0.29, 0.717) is 0 Å². The van der Waals surface area contributed by atoms with Gasteiger partial charge >= 0.3 is 0 Å². The van der Waals surface area contributed by atoms with Gasteiger partial charge in [-0.3, -0.25) is 5.01 Å². The van der Waals surface area contributed by atoms with Gasteiger partial charge < -0.3 is 5.11 Å². The molecule has 0 saturated heterocycles. The molecule has 3 heteroatoms. The number of aliphatic hydroxyl groups is 1. The molecule has 2 unspecified atom stereocenters. The van der Waals surface area contributed by atoms with E-state index in [1.54, 1.807) is 5.01 Å². The molecular formula is C13H20N2O. The van der Waals surface area contributed by atoms with Gasteiger partial charge in [0.1, 0.15) is 6.10 Å². The lowest BCUT2D eigenvalue weighted by Gasteiger charge is -2.27. The number of rotatable bonds is 4. The molecule has 88 valence electrons. The molecule has 0 heterocycles. The maximum Gasteiger partial charge on any atom is 0.101 e. The zero-order chi connectivity index (χ0) is 12.1. The van der Waals surface area contributed by atoms with Gasteiger partial charge in [-0.15, -0.1) is 0 Å². The Hall–Kier alpha value is -1.35. The topological polar surface area (TPSA) is 35.8 Å². The van der Waals surface area contributed by atoms with Gasteiger partial charge in [0.25, 0.3) is 0 Å². The van der Waals surface area contributed by atoms with E-state index in [0.717, 1.165) is 11.3 Å². The quantitative estimate of drug-likeness (QED) is 0.625. The summed E-state index contributed by atoms with van der Waals surface area (Å²) >= 11 is 0. The van der Waals surface area contributed by atoms with Crippen molar-refractivity contribution in [2.75, 3.05) is 7.05 Å². The molecular weight excluding hydrogens is 200 g/mol. The Labute approximate surface area is 97.4 Å². The second-order valence-electron chi connectivity index (χ2n) is 4.22. The van der Waals surface area contributed by atoms with Crippen LogP contribution in [0, 0.1) is 0 Å². The predicted molar refractivity (Wildman–Crippen MR) is 67.4 cm³/mol. The highest BCUT2D eigenvalue weighted by Crippen LogP contribution is 2.19. The van der Waals surface area contributed by atoms with Crippen LogP contribution in [0.4, 0.5) is 0 Å². The lowest BCUT2D eigenvalue weighted by molar-refractivity contribution is 0.0744. The summed E-state index contributed by atoms with van der Waals surface area (Å²) in [5, 5.41) is 16.3. The summed E-state index contributed by atoms with van der Waals surface area (Å²) in [6.07, 6.45) is -0.519. The molecule has 16 heavy (non-hydrogen) atoms. The van der Waals surface area contributed by atoms with E-state index in [9.17, 15) is 5.11 Å². The molecule has 0 aromatic heterocycles. The predicted octanol–water partition coefficient (Wildman–Crippen LogP) is 2.44. The smallest absolute Gasteiger partial charge is 0.101 e. The molecule has 0 bridgehead atoms. The molecule has 0 amide bonds. The third kappa shape index (κ3) is 3.35. The molecule has 1 aromatic rings. The maximum atomic E-state index is 10.2. The first-order valence-corrected chi connectivity index (χ1v) is 5.50. The molecule has 0 radical (unpaired) electrons. The van der Waals surface area contributed by atoms with Crippen LogP contribution in [0.3, 0.4) is 0 Å². The van der Waals surface area contributed by atoms with E-state index in [1.165, 1.54) is 0 Å². The van der Waals surface area contributed by atoms with Crippen LogP contribution >= 0.6 is 0 Å². The number of likely N-dealkylation sites (N-methyl/N-ethyl adjacent to an activating group) is 1. The van der Waals surface area contributed by atoms with Crippen LogP contribution < -0.4 is 0 Å². The van der Waals surface area contributed by atoms with Gasteiger partial charge in [0.2, 0.25) is 0 Å². The lowest BCUT2D eigenvalue weighted by atomic mass is 10.0. The fourth-order valence-electron chi connectivity index (χ4n) is 1.54. The molecule has 2 atom stereocenters. The molecule has 1 N–H and O–H groups in total. The monoisotopic (exact) mass is 220 g/mol. The summed E-state index contributed by atoms with van der Waals surface area (Å²) in [5.41, 5.74) is 1.90. The second-order valence-corrected chi connectivity index (χ2v) is 4.22. The average molecular weight is 220 g/mol. The average Bonchev–Trinajstić information content (AvgIpc) is 2.27. The standard InChI is InChI=1S/C13H20N2O/c1-10(2)14-15(4)11(3)13(16)12-8-6-5-7-9-12/h5-9,11,13,16H,1-4H3. The number of hydrogen-bond donors (Lipinski definition) is 1. The van der Waals surface area contributed by atoms with Gasteiger partial charge in [0, 0.05) is 12.8 Å². The molecule has 3 nitrogen and oxygen atoms in total. The SMILES string of the molecule is CC(C)=NN(C)C(C)C(O)c1ccccc1. The molecule has 0 fully saturated rings. The highest BCUT2D eigenvalue weighted by atomic mass is 16.3. The van der Waals surface area contributed by atoms with Crippen molar-refractivity contribution in [1.29, 1.82) is 0 Å². The second kappa shape index (κ2) is 5.66. The number of hydrazone groups is 1. The van der Waals surface area contributed by atoms with Crippen molar-refractivity contribution >= 4 is 5.71 Å². The fourth-order valence-corrected chi connectivity index (χ4v) is 1.54. The van der Waals surface area contributed by atoms with Crippen molar-refractivity contribution in [2.24, 2.45) is 5.10 Å². The van der Waals surface area contributed by atoms with E-state index in [4.69, 9.17) is 0 Å². The first-order valence-electron chi connectivity index (χ1n) is 5.50. The zero-order valence-electron chi connectivity index (χ0n) is 10.4. The normalized spacial score (nSPS) is 14.1. The highest BCUT2D eigenvalue weighted by molar-refractivity contribution is 5.78. The van der Waals surface area contributed by atoms with Crippen molar-refractivity contribution in [3.63, 3.8) is 0 Å². The minimum Gasteiger partial charge on any atom is -0.386 e. The van der Waals surface area contributed by atoms with Gasteiger partial charge in [0.05, 0.1) is 6.04 Å². The number of benzene rings is 1. The summed E-state index contributed by atoms with van der Waals surface area (Å²) in [6, 6.07) is 9.62. The van der Waals surface area contributed by atoms with Crippen LogP contribution in [-0.2, 0) is 0 Å². The van der Waals surface area contributed by atoms with Crippen LogP contribution in [-0.4, -0.2) is 28.9 Å². The van der Waals surface area contributed by atoms with Crippen molar-refractivity contribution < 1.29 is 5.11 Å². The van der Waals surface area contributed by atoms with Gasteiger partial charge in [-0.2, -0.15) is 5.10 Å². The number of aliphatic hydroxyl groups excluding tert-OH is 1. The Bertz CT molecular complexity index is 344. The fraction of sp³-hybridized carbons (Fsp3) is 0.462. The van der Waals surface area contributed by atoms with E-state index in [-0.39, 0.29) is 6.04 Å². The van der Waals surface area contributed by atoms with Crippen LogP contribution in [0.15, 0.2) is 35.4 Å². The summed E-state index contributed by atoms with van der Waals surface area (Å²) in [6.45, 7) is 5.85. The van der Waals surface area contributed by atoms with Gasteiger partial charge in [-0.25, -0.2) is 0 Å². The van der Waals surface area contributed by atoms with Gasteiger partial charge in [-0.1, -0.05) is 30.3 Å². The van der Waals surface area contributed by atoms with Crippen LogP contribution in [0.5, 0.6) is 0 Å². The number of nitrogens with zero attached hydrogens (tertiary/aromatic N) is 2. The van der Waals surface area contributed by atoms with Crippen LogP contribution in [0.25, 0.3) is 0 Å². The minimum atomic E-state index is -0.519. The van der Waals surface area contributed by atoms with E-state index in [2.05, 4.69) is 5.10 Å².